The van der Waals surface area contributed by atoms with Crippen LogP contribution in [-0.2, 0) is 16.1 Å². The average Bonchev–Trinajstić information content (AvgIpc) is 2.86. The maximum Gasteiger partial charge on any atom is 0.259 e. The summed E-state index contributed by atoms with van der Waals surface area (Å²) in [6.07, 6.45) is 1.69. The molecule has 1 aromatic heterocycles. The SMILES string of the molecule is CN/C(C)=C(/C(=O)NCC#Cc1ccc2nc(NC)ncc2c1)C(=O)NCc1ccc(F)c(F)c1. The molecule has 0 saturated carbocycles. The predicted molar refractivity (Wildman–Crippen MR) is 129 cm³/mol. The summed E-state index contributed by atoms with van der Waals surface area (Å²) in [5, 5.41) is 11.6. The van der Waals surface area contributed by atoms with Crippen molar-refractivity contribution in [1.82, 2.24) is 25.9 Å². The topological polar surface area (TPSA) is 108 Å². The van der Waals surface area contributed by atoms with Crippen LogP contribution in [0.25, 0.3) is 10.9 Å². The van der Waals surface area contributed by atoms with Crippen molar-refractivity contribution < 1.29 is 18.4 Å². The van der Waals surface area contributed by atoms with Gasteiger partial charge < -0.3 is 21.3 Å². The maximum atomic E-state index is 13.4. The normalized spacial score (nSPS) is 11.1. The number of hydrogen-bond donors (Lipinski definition) is 4. The molecule has 0 saturated heterocycles. The second-order valence-electron chi connectivity index (χ2n) is 7.38. The number of nitrogens with one attached hydrogen (secondary N) is 4. The molecular weight excluding hydrogens is 454 g/mol. The molecule has 0 aliphatic carbocycles. The van der Waals surface area contributed by atoms with Crippen molar-refractivity contribution in [2.75, 3.05) is 26.0 Å². The number of benzene rings is 2. The zero-order valence-electron chi connectivity index (χ0n) is 19.4. The van der Waals surface area contributed by atoms with Crippen LogP contribution in [0.15, 0.2) is 53.9 Å². The number of aromatic nitrogens is 2. The fraction of sp³-hybridized carbons (Fsp3) is 0.200. The van der Waals surface area contributed by atoms with Crippen molar-refractivity contribution in [3.8, 4) is 11.8 Å². The number of nitrogens with zero attached hydrogens (tertiary/aromatic N) is 2. The minimum absolute atomic E-state index is 0.00299. The zero-order chi connectivity index (χ0) is 25.4. The molecule has 3 aromatic rings. The van der Waals surface area contributed by atoms with Crippen molar-refractivity contribution >= 4 is 28.7 Å². The number of fused-ring (bicyclic) bond motifs is 1. The van der Waals surface area contributed by atoms with Gasteiger partial charge in [0.1, 0.15) is 5.57 Å². The first-order valence-corrected chi connectivity index (χ1v) is 10.6. The summed E-state index contributed by atoms with van der Waals surface area (Å²) in [7, 11) is 3.32. The Hall–Kier alpha value is -4.52. The summed E-state index contributed by atoms with van der Waals surface area (Å²) in [5.41, 5.74) is 2.05. The summed E-state index contributed by atoms with van der Waals surface area (Å²) in [5.74, 6) is 3.04. The molecule has 4 N–H and O–H groups in total. The van der Waals surface area contributed by atoms with Gasteiger partial charge in [-0.3, -0.25) is 9.59 Å². The fourth-order valence-corrected chi connectivity index (χ4v) is 3.08. The molecular formula is C25H24F2N6O2. The number of allylic oxidation sites excluding steroid dienone is 1. The van der Waals surface area contributed by atoms with E-state index < -0.39 is 23.4 Å². The minimum Gasteiger partial charge on any atom is -0.391 e. The van der Waals surface area contributed by atoms with E-state index in [1.54, 1.807) is 27.2 Å². The molecule has 0 aliphatic rings. The largest absolute Gasteiger partial charge is 0.391 e. The number of amides is 2. The van der Waals surface area contributed by atoms with E-state index in [0.29, 0.717) is 17.2 Å². The maximum absolute atomic E-state index is 13.4. The van der Waals surface area contributed by atoms with Crippen LogP contribution in [0, 0.1) is 23.5 Å². The van der Waals surface area contributed by atoms with E-state index in [2.05, 4.69) is 43.1 Å². The molecule has 0 aliphatic heterocycles. The quantitative estimate of drug-likeness (QED) is 0.180. The van der Waals surface area contributed by atoms with E-state index in [9.17, 15) is 18.4 Å². The fourth-order valence-electron chi connectivity index (χ4n) is 3.08. The van der Waals surface area contributed by atoms with Gasteiger partial charge in [0.15, 0.2) is 11.6 Å². The van der Waals surface area contributed by atoms with Gasteiger partial charge in [0.25, 0.3) is 11.8 Å². The summed E-state index contributed by atoms with van der Waals surface area (Å²) in [4.78, 5) is 33.8. The molecule has 3 rings (SSSR count). The Morgan fingerprint density at radius 1 is 1.00 bits per heavy atom. The summed E-state index contributed by atoms with van der Waals surface area (Å²) >= 11 is 0. The summed E-state index contributed by atoms with van der Waals surface area (Å²) in [6, 6.07) is 8.78. The smallest absolute Gasteiger partial charge is 0.259 e. The highest BCUT2D eigenvalue weighted by molar-refractivity contribution is 6.19. The highest BCUT2D eigenvalue weighted by Gasteiger charge is 2.20. The van der Waals surface area contributed by atoms with E-state index in [1.165, 1.54) is 6.07 Å². The number of carbonyl (C=O) groups is 2. The van der Waals surface area contributed by atoms with E-state index in [1.807, 2.05) is 18.2 Å². The Balaban J connectivity index is 1.63. The van der Waals surface area contributed by atoms with Crippen LogP contribution in [0.1, 0.15) is 18.1 Å². The van der Waals surface area contributed by atoms with Crippen LogP contribution < -0.4 is 21.3 Å². The van der Waals surface area contributed by atoms with Crippen LogP contribution in [-0.4, -0.2) is 42.4 Å². The lowest BCUT2D eigenvalue weighted by Crippen LogP contribution is -2.36. The predicted octanol–water partition coefficient (Wildman–Crippen LogP) is 2.23. The van der Waals surface area contributed by atoms with Crippen molar-refractivity contribution in [2.45, 2.75) is 13.5 Å². The highest BCUT2D eigenvalue weighted by atomic mass is 19.2. The Labute approximate surface area is 201 Å². The molecule has 0 atom stereocenters. The second-order valence-corrected chi connectivity index (χ2v) is 7.38. The third-order valence-electron chi connectivity index (χ3n) is 5.01. The average molecular weight is 479 g/mol. The monoisotopic (exact) mass is 478 g/mol. The van der Waals surface area contributed by atoms with E-state index >= 15 is 0 Å². The molecule has 10 heteroatoms. The number of halogens is 2. The van der Waals surface area contributed by atoms with Gasteiger partial charge in [-0.2, -0.15) is 0 Å². The van der Waals surface area contributed by atoms with E-state index in [4.69, 9.17) is 0 Å². The van der Waals surface area contributed by atoms with Gasteiger partial charge in [0, 0.05) is 43.5 Å². The molecule has 35 heavy (non-hydrogen) atoms. The van der Waals surface area contributed by atoms with Gasteiger partial charge in [-0.05, 0) is 42.8 Å². The molecule has 0 unspecified atom stereocenters. The highest BCUT2D eigenvalue weighted by Crippen LogP contribution is 2.14. The summed E-state index contributed by atoms with van der Waals surface area (Å²) < 4.78 is 26.5. The van der Waals surface area contributed by atoms with Crippen LogP contribution in [0.5, 0.6) is 0 Å². The number of carbonyl (C=O) groups excluding carboxylic acids is 2. The van der Waals surface area contributed by atoms with Gasteiger partial charge >= 0.3 is 0 Å². The van der Waals surface area contributed by atoms with Gasteiger partial charge in [0.2, 0.25) is 5.95 Å². The Morgan fingerprint density at radius 2 is 1.77 bits per heavy atom. The molecule has 180 valence electrons. The van der Waals surface area contributed by atoms with E-state index in [-0.39, 0.29) is 18.7 Å². The van der Waals surface area contributed by atoms with Gasteiger partial charge in [0.05, 0.1) is 12.1 Å². The third-order valence-corrected chi connectivity index (χ3v) is 5.01. The van der Waals surface area contributed by atoms with Gasteiger partial charge in [-0.25, -0.2) is 18.7 Å². The van der Waals surface area contributed by atoms with Crippen molar-refractivity contribution in [2.24, 2.45) is 0 Å². The lowest BCUT2D eigenvalue weighted by atomic mass is 10.1. The van der Waals surface area contributed by atoms with Gasteiger partial charge in [-0.1, -0.05) is 17.9 Å². The number of rotatable bonds is 7. The van der Waals surface area contributed by atoms with Crippen molar-refractivity contribution in [3.63, 3.8) is 0 Å². The minimum atomic E-state index is -1.02. The third kappa shape index (κ3) is 6.51. The number of hydrogen-bond acceptors (Lipinski definition) is 6. The lowest BCUT2D eigenvalue weighted by molar-refractivity contribution is -0.123. The second kappa shape index (κ2) is 11.6. The molecule has 0 radical (unpaired) electrons. The van der Waals surface area contributed by atoms with Crippen LogP contribution in [0.4, 0.5) is 14.7 Å². The Morgan fingerprint density at radius 3 is 2.49 bits per heavy atom. The first kappa shape index (κ1) is 25.1. The van der Waals surface area contributed by atoms with Crippen molar-refractivity contribution in [3.05, 3.63) is 76.6 Å². The molecule has 0 spiro atoms. The van der Waals surface area contributed by atoms with Crippen LogP contribution >= 0.6 is 0 Å². The van der Waals surface area contributed by atoms with E-state index in [0.717, 1.165) is 28.6 Å². The Bertz CT molecular complexity index is 1360. The standard InChI is InChI=1S/C25H24F2N6O2/c1-15(28-2)22(24(35)31-13-17-6-8-19(26)20(27)12-17)23(34)30-10-4-5-16-7-9-21-18(11-16)14-32-25(29-3)33-21/h6-9,11-12,14,28H,10,13H2,1-3H3,(H,30,34)(H,31,35)(H,29,32,33)/b22-15-. The first-order valence-electron chi connectivity index (χ1n) is 10.6. The van der Waals surface area contributed by atoms with Crippen molar-refractivity contribution in [1.29, 1.82) is 0 Å². The molecule has 8 nitrogen and oxygen atoms in total. The molecule has 1 heterocycles. The first-order chi connectivity index (χ1) is 16.8. The lowest BCUT2D eigenvalue weighted by Gasteiger charge is -2.12. The molecule has 0 bridgehead atoms. The number of anilines is 1. The van der Waals surface area contributed by atoms with Crippen LogP contribution in [0.3, 0.4) is 0 Å². The molecule has 0 fully saturated rings. The summed E-state index contributed by atoms with van der Waals surface area (Å²) in [6.45, 7) is 1.50. The molecule has 2 aromatic carbocycles. The molecule has 2 amide bonds. The van der Waals surface area contributed by atoms with Crippen LogP contribution in [0.2, 0.25) is 0 Å². The zero-order valence-corrected chi connectivity index (χ0v) is 19.4. The van der Waals surface area contributed by atoms with Gasteiger partial charge in [-0.15, -0.1) is 0 Å². The Kier molecular flexibility index (Phi) is 8.29.